The molecule has 0 aliphatic carbocycles. The number of nitriles is 1. The number of carbonyl (C=O) groups excluding carboxylic acids is 1. The molecule has 22 heavy (non-hydrogen) atoms. The van der Waals surface area contributed by atoms with Gasteiger partial charge in [0.1, 0.15) is 17.7 Å². The highest BCUT2D eigenvalue weighted by atomic mass is 16.4. The molecule has 0 saturated heterocycles. The molecule has 1 aromatic carbocycles. The van der Waals surface area contributed by atoms with Crippen LogP contribution in [0.15, 0.2) is 36.0 Å². The smallest absolute Gasteiger partial charge is 0.325 e. The fraction of sp³-hybridized carbons (Fsp3) is 0.267. The highest BCUT2D eigenvalue weighted by Crippen LogP contribution is 2.17. The quantitative estimate of drug-likeness (QED) is 0.538. The Bertz CT molecular complexity index is 632. The van der Waals surface area contributed by atoms with Gasteiger partial charge in [-0.3, -0.25) is 9.59 Å². The molecular formula is C15H18N4O3. The highest BCUT2D eigenvalue weighted by molar-refractivity contribution is 5.99. The molecule has 1 aromatic rings. The van der Waals surface area contributed by atoms with Gasteiger partial charge in [0, 0.05) is 31.7 Å². The number of amides is 1. The van der Waals surface area contributed by atoms with Crippen LogP contribution in [0, 0.1) is 11.3 Å². The van der Waals surface area contributed by atoms with Crippen molar-refractivity contribution in [2.45, 2.75) is 13.0 Å². The lowest BCUT2D eigenvalue weighted by molar-refractivity contribution is -0.140. The number of aliphatic carboxylic acids is 1. The third-order valence-corrected chi connectivity index (χ3v) is 2.83. The zero-order chi connectivity index (χ0) is 16.7. The molecule has 116 valence electrons. The molecule has 1 amide bonds. The molecule has 7 heteroatoms. The van der Waals surface area contributed by atoms with Gasteiger partial charge in [-0.2, -0.15) is 5.26 Å². The number of carboxylic acids is 1. The molecular weight excluding hydrogens is 284 g/mol. The van der Waals surface area contributed by atoms with Crippen molar-refractivity contribution in [1.82, 2.24) is 5.32 Å². The summed E-state index contributed by atoms with van der Waals surface area (Å²) in [5, 5.41) is 22.8. The van der Waals surface area contributed by atoms with Gasteiger partial charge in [0.15, 0.2) is 0 Å². The van der Waals surface area contributed by atoms with Gasteiger partial charge in [-0.1, -0.05) is 6.07 Å². The first kappa shape index (κ1) is 17.0. The molecule has 0 heterocycles. The van der Waals surface area contributed by atoms with Crippen molar-refractivity contribution < 1.29 is 14.7 Å². The predicted octanol–water partition coefficient (Wildman–Crippen LogP) is 1.16. The van der Waals surface area contributed by atoms with Gasteiger partial charge in [-0.25, -0.2) is 0 Å². The van der Waals surface area contributed by atoms with Crippen LogP contribution in [0.3, 0.4) is 0 Å². The van der Waals surface area contributed by atoms with Crippen LogP contribution in [0.2, 0.25) is 0 Å². The Morgan fingerprint density at radius 2 is 2.09 bits per heavy atom. The van der Waals surface area contributed by atoms with Gasteiger partial charge in [-0.05, 0) is 25.1 Å². The molecule has 0 aromatic heterocycles. The van der Waals surface area contributed by atoms with Gasteiger partial charge >= 0.3 is 5.97 Å². The summed E-state index contributed by atoms with van der Waals surface area (Å²) in [6.07, 6.45) is 1.25. The van der Waals surface area contributed by atoms with Gasteiger partial charge in [0.05, 0.1) is 0 Å². The van der Waals surface area contributed by atoms with E-state index in [9.17, 15) is 9.59 Å². The van der Waals surface area contributed by atoms with Crippen molar-refractivity contribution in [3.8, 4) is 6.07 Å². The number of nitrogens with one attached hydrogen (secondary N) is 2. The molecule has 1 unspecified atom stereocenters. The summed E-state index contributed by atoms with van der Waals surface area (Å²) in [6, 6.07) is 8.06. The minimum Gasteiger partial charge on any atom is -0.480 e. The third kappa shape index (κ3) is 4.83. The molecule has 7 nitrogen and oxygen atoms in total. The topological polar surface area (TPSA) is 105 Å². The van der Waals surface area contributed by atoms with E-state index in [1.807, 2.05) is 37.2 Å². The number of rotatable bonds is 6. The normalized spacial score (nSPS) is 12.0. The lowest BCUT2D eigenvalue weighted by Crippen LogP contribution is -2.39. The van der Waals surface area contributed by atoms with Crippen LogP contribution in [0.1, 0.15) is 6.92 Å². The number of nitrogens with zero attached hydrogens (tertiary/aromatic N) is 2. The van der Waals surface area contributed by atoms with E-state index in [1.165, 1.54) is 13.1 Å². The summed E-state index contributed by atoms with van der Waals surface area (Å²) < 4.78 is 0. The average molecular weight is 302 g/mol. The van der Waals surface area contributed by atoms with E-state index in [4.69, 9.17) is 10.4 Å². The Morgan fingerprint density at radius 1 is 1.41 bits per heavy atom. The maximum Gasteiger partial charge on any atom is 0.325 e. The van der Waals surface area contributed by atoms with Crippen LogP contribution in [0.25, 0.3) is 0 Å². The lowest BCUT2D eigenvalue weighted by Gasteiger charge is -2.13. The molecule has 3 N–H and O–H groups in total. The number of hydrogen-bond acceptors (Lipinski definition) is 5. The second kappa shape index (κ2) is 7.69. The summed E-state index contributed by atoms with van der Waals surface area (Å²) in [5.74, 6) is -1.91. The fourth-order valence-corrected chi connectivity index (χ4v) is 1.51. The minimum atomic E-state index is -1.17. The third-order valence-electron chi connectivity index (χ3n) is 2.83. The Kier molecular flexibility index (Phi) is 5.96. The van der Waals surface area contributed by atoms with Crippen molar-refractivity contribution in [3.63, 3.8) is 0 Å². The van der Waals surface area contributed by atoms with Crippen LogP contribution in [0.4, 0.5) is 11.4 Å². The van der Waals surface area contributed by atoms with E-state index in [0.717, 1.165) is 5.69 Å². The summed E-state index contributed by atoms with van der Waals surface area (Å²) in [5.41, 5.74) is 1.46. The zero-order valence-electron chi connectivity index (χ0n) is 12.6. The van der Waals surface area contributed by atoms with Crippen molar-refractivity contribution in [3.05, 3.63) is 36.0 Å². The maximum atomic E-state index is 11.8. The molecule has 0 spiro atoms. The second-order valence-corrected chi connectivity index (χ2v) is 4.79. The number of benzene rings is 1. The van der Waals surface area contributed by atoms with Crippen LogP contribution in [-0.2, 0) is 9.59 Å². The minimum absolute atomic E-state index is 0.205. The number of anilines is 2. The van der Waals surface area contributed by atoms with Crippen molar-refractivity contribution in [2.75, 3.05) is 24.3 Å². The van der Waals surface area contributed by atoms with E-state index in [2.05, 4.69) is 10.6 Å². The Hall–Kier alpha value is -3.01. The van der Waals surface area contributed by atoms with Gasteiger partial charge < -0.3 is 20.6 Å². The largest absolute Gasteiger partial charge is 0.480 e. The monoisotopic (exact) mass is 302 g/mol. The van der Waals surface area contributed by atoms with Crippen LogP contribution in [0.5, 0.6) is 0 Å². The SMILES string of the molecule is CC(NC(=O)/C(C#N)=C\Nc1cccc(N(C)C)c1)C(=O)O. The van der Waals surface area contributed by atoms with Crippen molar-refractivity contribution >= 4 is 23.3 Å². The zero-order valence-corrected chi connectivity index (χ0v) is 12.6. The fourth-order valence-electron chi connectivity index (χ4n) is 1.51. The first-order valence-corrected chi connectivity index (χ1v) is 6.53. The molecule has 0 radical (unpaired) electrons. The molecule has 1 atom stereocenters. The molecule has 0 bridgehead atoms. The van der Waals surface area contributed by atoms with Gasteiger partial charge in [0.2, 0.25) is 0 Å². The Morgan fingerprint density at radius 3 is 2.64 bits per heavy atom. The lowest BCUT2D eigenvalue weighted by atomic mass is 10.2. The molecule has 0 saturated carbocycles. The van der Waals surface area contributed by atoms with E-state index in [0.29, 0.717) is 5.69 Å². The predicted molar refractivity (Wildman–Crippen MR) is 83.3 cm³/mol. The summed E-state index contributed by atoms with van der Waals surface area (Å²) in [4.78, 5) is 24.4. The molecule has 0 aliphatic heterocycles. The van der Waals surface area contributed by atoms with Crippen molar-refractivity contribution in [1.29, 1.82) is 5.26 Å². The van der Waals surface area contributed by atoms with E-state index < -0.39 is 17.9 Å². The van der Waals surface area contributed by atoms with Gasteiger partial charge in [-0.15, -0.1) is 0 Å². The Labute approximate surface area is 128 Å². The van der Waals surface area contributed by atoms with Crippen LogP contribution in [-0.4, -0.2) is 37.1 Å². The second-order valence-electron chi connectivity index (χ2n) is 4.79. The summed E-state index contributed by atoms with van der Waals surface area (Å²) >= 11 is 0. The number of carbonyl (C=O) groups is 2. The average Bonchev–Trinajstić information content (AvgIpc) is 2.47. The number of carboxylic acid groups (broad SMARTS) is 1. The van der Waals surface area contributed by atoms with Crippen LogP contribution >= 0.6 is 0 Å². The van der Waals surface area contributed by atoms with Crippen LogP contribution < -0.4 is 15.5 Å². The van der Waals surface area contributed by atoms with Crippen molar-refractivity contribution in [2.24, 2.45) is 0 Å². The van der Waals surface area contributed by atoms with E-state index >= 15 is 0 Å². The van der Waals surface area contributed by atoms with E-state index in [1.54, 1.807) is 12.1 Å². The first-order valence-electron chi connectivity index (χ1n) is 6.53. The number of hydrogen-bond donors (Lipinski definition) is 3. The Balaban J connectivity index is 2.81. The highest BCUT2D eigenvalue weighted by Gasteiger charge is 2.16. The standard InChI is InChI=1S/C15H18N4O3/c1-10(15(21)22)18-14(20)11(8-16)9-17-12-5-4-6-13(7-12)19(2)3/h4-7,9-10,17H,1-3H3,(H,18,20)(H,21,22)/b11-9-. The summed E-state index contributed by atoms with van der Waals surface area (Å²) in [7, 11) is 3.80. The maximum absolute atomic E-state index is 11.8. The molecule has 0 fully saturated rings. The van der Waals surface area contributed by atoms with E-state index in [-0.39, 0.29) is 5.57 Å². The summed E-state index contributed by atoms with van der Waals surface area (Å²) in [6.45, 7) is 1.32. The van der Waals surface area contributed by atoms with Gasteiger partial charge in [0.25, 0.3) is 5.91 Å². The molecule has 0 aliphatic rings. The first-order chi connectivity index (χ1) is 10.3. The molecule has 1 rings (SSSR count).